The van der Waals surface area contributed by atoms with Gasteiger partial charge in [0.05, 0.1) is 10.7 Å². The van der Waals surface area contributed by atoms with Gasteiger partial charge in [-0.3, -0.25) is 0 Å². The molecule has 1 aromatic heterocycles. The van der Waals surface area contributed by atoms with Crippen LogP contribution in [0.5, 0.6) is 0 Å². The molecule has 0 aliphatic rings. The molecule has 0 radical (unpaired) electrons. The molecule has 5 heteroatoms. The number of methoxy groups -OCH3 is 1. The smallest absolute Gasteiger partial charge is 0.347 e. The first-order chi connectivity index (χ1) is 6.65. The number of hydrogen-bond donors (Lipinski definition) is 1. The highest BCUT2D eigenvalue weighted by Gasteiger charge is 2.13. The number of carboxylic acids is 1. The van der Waals surface area contributed by atoms with E-state index >= 15 is 0 Å². The van der Waals surface area contributed by atoms with Crippen LogP contribution in [0.4, 0.5) is 0 Å². The lowest BCUT2D eigenvalue weighted by molar-refractivity contribution is 0.0701. The van der Waals surface area contributed by atoms with Gasteiger partial charge in [-0.2, -0.15) is 0 Å². The molecule has 14 heavy (non-hydrogen) atoms. The minimum atomic E-state index is -0.891. The molecule has 0 atom stereocenters. The third-order valence-electron chi connectivity index (χ3n) is 1.77. The molecule has 1 rings (SSSR count). The Kier molecular flexibility index (Phi) is 4.03. The number of aryl methyl sites for hydroxylation is 2. The van der Waals surface area contributed by atoms with Crippen LogP contribution in [0, 0.1) is 6.92 Å². The Hall–Kier alpha value is -0.940. The van der Waals surface area contributed by atoms with Crippen LogP contribution in [-0.2, 0) is 11.2 Å². The Labute approximate surface area is 86.6 Å². The fourth-order valence-electron chi connectivity index (χ4n) is 1.13. The van der Waals surface area contributed by atoms with Gasteiger partial charge in [0.25, 0.3) is 0 Å². The molecule has 1 N–H and O–H groups in total. The zero-order valence-corrected chi connectivity index (χ0v) is 9.06. The van der Waals surface area contributed by atoms with Crippen molar-refractivity contribution in [3.63, 3.8) is 0 Å². The van der Waals surface area contributed by atoms with Crippen LogP contribution in [0.25, 0.3) is 0 Å². The van der Waals surface area contributed by atoms with Crippen LogP contribution in [0.2, 0.25) is 0 Å². The zero-order valence-electron chi connectivity index (χ0n) is 8.24. The van der Waals surface area contributed by atoms with Crippen LogP contribution in [0.15, 0.2) is 0 Å². The van der Waals surface area contributed by atoms with Gasteiger partial charge in [0.15, 0.2) is 0 Å². The van der Waals surface area contributed by atoms with Crippen LogP contribution >= 0.6 is 11.3 Å². The fourth-order valence-corrected chi connectivity index (χ4v) is 2.07. The first-order valence-electron chi connectivity index (χ1n) is 4.33. The molecule has 0 aliphatic carbocycles. The molecule has 0 aliphatic heterocycles. The Bertz CT molecular complexity index is 322. The van der Waals surface area contributed by atoms with Crippen molar-refractivity contribution in [1.29, 1.82) is 0 Å². The van der Waals surface area contributed by atoms with E-state index in [4.69, 9.17) is 9.84 Å². The predicted molar refractivity (Wildman–Crippen MR) is 54.0 cm³/mol. The summed E-state index contributed by atoms with van der Waals surface area (Å²) in [4.78, 5) is 15.2. The Balaban J connectivity index is 2.62. The van der Waals surface area contributed by atoms with Crippen LogP contribution in [-0.4, -0.2) is 29.8 Å². The number of carbonyl (C=O) groups is 1. The Morgan fingerprint density at radius 3 is 2.86 bits per heavy atom. The number of aromatic carboxylic acids is 1. The third kappa shape index (κ3) is 2.78. The molecular weight excluding hydrogens is 202 g/mol. The van der Waals surface area contributed by atoms with Crippen molar-refractivity contribution < 1.29 is 14.6 Å². The van der Waals surface area contributed by atoms with Gasteiger partial charge in [-0.05, 0) is 13.3 Å². The molecule has 0 amide bonds. The standard InChI is InChI=1S/C9H13NO3S/c1-6-8(9(11)12)14-7(10-6)4-3-5-13-2/h3-5H2,1-2H3,(H,11,12). The van der Waals surface area contributed by atoms with E-state index in [0.717, 1.165) is 17.8 Å². The van der Waals surface area contributed by atoms with E-state index in [1.807, 2.05) is 0 Å². The number of carboxylic acid groups (broad SMARTS) is 1. The fraction of sp³-hybridized carbons (Fsp3) is 0.556. The zero-order chi connectivity index (χ0) is 10.6. The van der Waals surface area contributed by atoms with Crippen LogP contribution in [0.3, 0.4) is 0 Å². The number of aromatic nitrogens is 1. The van der Waals surface area contributed by atoms with Gasteiger partial charge in [0.1, 0.15) is 4.88 Å². The summed E-state index contributed by atoms with van der Waals surface area (Å²) in [6.07, 6.45) is 1.66. The van der Waals surface area contributed by atoms with Crippen LogP contribution < -0.4 is 0 Å². The quantitative estimate of drug-likeness (QED) is 0.760. The maximum Gasteiger partial charge on any atom is 0.347 e. The van der Waals surface area contributed by atoms with Crippen molar-refractivity contribution in [2.75, 3.05) is 13.7 Å². The summed E-state index contributed by atoms with van der Waals surface area (Å²) in [7, 11) is 1.65. The molecule has 1 aromatic rings. The van der Waals surface area contributed by atoms with E-state index in [9.17, 15) is 4.79 Å². The number of ether oxygens (including phenoxy) is 1. The molecule has 0 fully saturated rings. The summed E-state index contributed by atoms with van der Waals surface area (Å²) in [6.45, 7) is 2.40. The van der Waals surface area contributed by atoms with E-state index in [2.05, 4.69) is 4.98 Å². The molecule has 0 saturated carbocycles. The second kappa shape index (κ2) is 5.07. The highest BCUT2D eigenvalue weighted by molar-refractivity contribution is 7.13. The minimum Gasteiger partial charge on any atom is -0.477 e. The Morgan fingerprint density at radius 2 is 2.36 bits per heavy atom. The lowest BCUT2D eigenvalue weighted by Crippen LogP contribution is -1.94. The van der Waals surface area contributed by atoms with E-state index in [1.165, 1.54) is 11.3 Å². The van der Waals surface area contributed by atoms with Crippen molar-refractivity contribution in [3.05, 3.63) is 15.6 Å². The number of nitrogens with zero attached hydrogens (tertiary/aromatic N) is 1. The monoisotopic (exact) mass is 215 g/mol. The summed E-state index contributed by atoms with van der Waals surface area (Å²) < 4.78 is 4.91. The first-order valence-corrected chi connectivity index (χ1v) is 5.15. The Morgan fingerprint density at radius 1 is 1.64 bits per heavy atom. The van der Waals surface area contributed by atoms with Gasteiger partial charge in [-0.15, -0.1) is 11.3 Å². The molecule has 78 valence electrons. The van der Waals surface area contributed by atoms with E-state index < -0.39 is 5.97 Å². The summed E-state index contributed by atoms with van der Waals surface area (Å²) in [5.74, 6) is -0.891. The molecule has 0 saturated heterocycles. The lowest BCUT2D eigenvalue weighted by Gasteiger charge is -1.94. The summed E-state index contributed by atoms with van der Waals surface area (Å²) >= 11 is 1.25. The van der Waals surface area contributed by atoms with Gasteiger partial charge in [-0.1, -0.05) is 0 Å². The van der Waals surface area contributed by atoms with Gasteiger partial charge in [0.2, 0.25) is 0 Å². The van der Waals surface area contributed by atoms with Crippen molar-refractivity contribution in [1.82, 2.24) is 4.98 Å². The van der Waals surface area contributed by atoms with Crippen molar-refractivity contribution in [2.45, 2.75) is 19.8 Å². The second-order valence-corrected chi connectivity index (χ2v) is 4.01. The largest absolute Gasteiger partial charge is 0.477 e. The van der Waals surface area contributed by atoms with Crippen molar-refractivity contribution in [3.8, 4) is 0 Å². The minimum absolute atomic E-state index is 0.345. The molecule has 0 bridgehead atoms. The number of rotatable bonds is 5. The van der Waals surface area contributed by atoms with E-state index in [0.29, 0.717) is 17.2 Å². The average Bonchev–Trinajstić information content (AvgIpc) is 2.47. The molecule has 0 spiro atoms. The normalized spacial score (nSPS) is 10.4. The van der Waals surface area contributed by atoms with Gasteiger partial charge < -0.3 is 9.84 Å². The average molecular weight is 215 g/mol. The molecule has 0 unspecified atom stereocenters. The van der Waals surface area contributed by atoms with Crippen molar-refractivity contribution >= 4 is 17.3 Å². The van der Waals surface area contributed by atoms with Crippen LogP contribution in [0.1, 0.15) is 26.8 Å². The van der Waals surface area contributed by atoms with E-state index in [1.54, 1.807) is 14.0 Å². The maximum absolute atomic E-state index is 10.7. The van der Waals surface area contributed by atoms with Crippen molar-refractivity contribution in [2.24, 2.45) is 0 Å². The first kappa shape index (κ1) is 11.1. The molecular formula is C9H13NO3S. The van der Waals surface area contributed by atoms with Gasteiger partial charge in [0, 0.05) is 20.1 Å². The predicted octanol–water partition coefficient (Wildman–Crippen LogP) is 1.73. The number of hydrogen-bond acceptors (Lipinski definition) is 4. The molecule has 1 heterocycles. The third-order valence-corrected chi connectivity index (χ3v) is 2.98. The highest BCUT2D eigenvalue weighted by Crippen LogP contribution is 2.18. The highest BCUT2D eigenvalue weighted by atomic mass is 32.1. The topological polar surface area (TPSA) is 59.4 Å². The summed E-state index contributed by atoms with van der Waals surface area (Å²) in [5, 5.41) is 9.67. The van der Waals surface area contributed by atoms with Gasteiger partial charge >= 0.3 is 5.97 Å². The van der Waals surface area contributed by atoms with Gasteiger partial charge in [-0.25, -0.2) is 9.78 Å². The SMILES string of the molecule is COCCCc1nc(C)c(C(=O)O)s1. The molecule has 4 nitrogen and oxygen atoms in total. The number of thiazole rings is 1. The lowest BCUT2D eigenvalue weighted by atomic mass is 10.3. The molecule has 0 aromatic carbocycles. The van der Waals surface area contributed by atoms with E-state index in [-0.39, 0.29) is 0 Å². The summed E-state index contributed by atoms with van der Waals surface area (Å²) in [6, 6.07) is 0. The summed E-state index contributed by atoms with van der Waals surface area (Å²) in [5.41, 5.74) is 0.606. The maximum atomic E-state index is 10.7. The second-order valence-electron chi connectivity index (χ2n) is 2.92.